The molecular formula is C20H16F5NO5S. The Kier molecular flexibility index (Phi) is 6.56. The van der Waals surface area contributed by atoms with Gasteiger partial charge in [-0.15, -0.1) is 13.2 Å². The average molecular weight is 477 g/mol. The molecular weight excluding hydrogens is 461 g/mol. The summed E-state index contributed by atoms with van der Waals surface area (Å²) < 4.78 is 100. The van der Waals surface area contributed by atoms with E-state index in [0.29, 0.717) is 0 Å². The largest absolute Gasteiger partial charge is 0.573 e. The molecule has 0 spiro atoms. The topological polar surface area (TPSA) is 85.6 Å². The van der Waals surface area contributed by atoms with Crippen LogP contribution in [0.15, 0.2) is 52.0 Å². The van der Waals surface area contributed by atoms with E-state index in [4.69, 9.17) is 4.42 Å². The first-order valence-corrected chi connectivity index (χ1v) is 10.6. The molecule has 0 amide bonds. The van der Waals surface area contributed by atoms with Gasteiger partial charge < -0.3 is 9.15 Å². The van der Waals surface area contributed by atoms with Crippen molar-refractivity contribution in [3.05, 3.63) is 59.7 Å². The lowest BCUT2D eigenvalue weighted by Gasteiger charge is -2.13. The SMILES string of the molecule is C[C@H](NS(=O)(=O)c1cc2cc(F)ccc2o1)C(=O)CCc1cc(OC(F)(F)F)ccc1F. The Bertz CT molecular complexity index is 1250. The van der Waals surface area contributed by atoms with Crippen molar-refractivity contribution in [2.24, 2.45) is 0 Å². The number of furan rings is 1. The maximum atomic E-state index is 13.9. The van der Waals surface area contributed by atoms with Crippen molar-refractivity contribution in [1.82, 2.24) is 4.72 Å². The lowest BCUT2D eigenvalue weighted by atomic mass is 10.0. The van der Waals surface area contributed by atoms with Crippen LogP contribution in [-0.4, -0.2) is 26.6 Å². The molecule has 172 valence electrons. The first kappa shape index (κ1) is 23.7. The fourth-order valence-corrected chi connectivity index (χ4v) is 4.09. The normalized spacial score (nSPS) is 13.3. The first-order valence-electron chi connectivity index (χ1n) is 9.12. The maximum absolute atomic E-state index is 13.9. The van der Waals surface area contributed by atoms with Gasteiger partial charge in [-0.1, -0.05) is 0 Å². The number of nitrogens with one attached hydrogen (secondary N) is 1. The minimum Gasteiger partial charge on any atom is -0.443 e. The van der Waals surface area contributed by atoms with Gasteiger partial charge in [-0.05, 0) is 55.3 Å². The minimum atomic E-state index is -4.96. The van der Waals surface area contributed by atoms with Crippen LogP contribution in [0.3, 0.4) is 0 Å². The molecule has 12 heteroatoms. The molecule has 2 aromatic carbocycles. The summed E-state index contributed by atoms with van der Waals surface area (Å²) in [7, 11) is -4.28. The van der Waals surface area contributed by atoms with Crippen LogP contribution < -0.4 is 9.46 Å². The highest BCUT2D eigenvalue weighted by atomic mass is 32.2. The van der Waals surface area contributed by atoms with Crippen LogP contribution in [0.1, 0.15) is 18.9 Å². The second-order valence-corrected chi connectivity index (χ2v) is 8.50. The molecule has 32 heavy (non-hydrogen) atoms. The highest BCUT2D eigenvalue weighted by Crippen LogP contribution is 2.26. The number of carbonyl (C=O) groups is 1. The smallest absolute Gasteiger partial charge is 0.443 e. The molecule has 0 aliphatic heterocycles. The van der Waals surface area contributed by atoms with Gasteiger partial charge in [0.1, 0.15) is 23.0 Å². The number of fused-ring (bicyclic) bond motifs is 1. The average Bonchev–Trinajstić information content (AvgIpc) is 3.11. The Labute approximate surface area is 179 Å². The number of hydrogen-bond acceptors (Lipinski definition) is 5. The monoisotopic (exact) mass is 477 g/mol. The number of Topliss-reactive ketones (excluding diaryl/α,β-unsaturated/α-hetero) is 1. The quantitative estimate of drug-likeness (QED) is 0.484. The summed E-state index contributed by atoms with van der Waals surface area (Å²) in [5, 5.41) is -0.318. The Morgan fingerprint density at radius 1 is 1.12 bits per heavy atom. The minimum absolute atomic E-state index is 0.127. The molecule has 0 bridgehead atoms. The zero-order valence-electron chi connectivity index (χ0n) is 16.4. The van der Waals surface area contributed by atoms with Crippen LogP contribution >= 0.6 is 0 Å². The number of halogens is 5. The van der Waals surface area contributed by atoms with Crippen molar-refractivity contribution in [2.45, 2.75) is 37.3 Å². The van der Waals surface area contributed by atoms with Gasteiger partial charge in [0.15, 0.2) is 5.78 Å². The molecule has 0 saturated heterocycles. The van der Waals surface area contributed by atoms with Crippen LogP contribution in [0.2, 0.25) is 0 Å². The molecule has 0 unspecified atom stereocenters. The highest BCUT2D eigenvalue weighted by molar-refractivity contribution is 7.89. The van der Waals surface area contributed by atoms with E-state index in [9.17, 15) is 35.2 Å². The lowest BCUT2D eigenvalue weighted by Crippen LogP contribution is -2.38. The molecule has 3 rings (SSSR count). The van der Waals surface area contributed by atoms with Crippen LogP contribution in [0.4, 0.5) is 22.0 Å². The predicted octanol–water partition coefficient (Wildman–Crippen LogP) is 4.48. The predicted molar refractivity (Wildman–Crippen MR) is 102 cm³/mol. The third-order valence-electron chi connectivity index (χ3n) is 4.43. The van der Waals surface area contributed by atoms with E-state index in [1.54, 1.807) is 0 Å². The third-order valence-corrected chi connectivity index (χ3v) is 5.82. The van der Waals surface area contributed by atoms with Crippen molar-refractivity contribution in [1.29, 1.82) is 0 Å². The number of alkyl halides is 3. The first-order chi connectivity index (χ1) is 14.8. The summed E-state index contributed by atoms with van der Waals surface area (Å²) in [5.74, 6) is -2.71. The standard InChI is InChI=1S/C20H16F5NO5S/c1-11(26-32(28,29)19-10-13-8-14(21)3-7-18(13)30-19)17(27)6-2-12-9-15(4-5-16(12)22)31-20(23,24)25/h3-5,7-11,26H,2,6H2,1H3/t11-/m0/s1. The van der Waals surface area contributed by atoms with Gasteiger partial charge in [0.25, 0.3) is 10.0 Å². The Morgan fingerprint density at radius 3 is 2.53 bits per heavy atom. The van der Waals surface area contributed by atoms with E-state index in [0.717, 1.165) is 36.4 Å². The molecule has 0 saturated carbocycles. The van der Waals surface area contributed by atoms with E-state index in [2.05, 4.69) is 9.46 Å². The van der Waals surface area contributed by atoms with Gasteiger partial charge in [0, 0.05) is 17.9 Å². The van der Waals surface area contributed by atoms with Gasteiger partial charge in [0.05, 0.1) is 6.04 Å². The fraction of sp³-hybridized carbons (Fsp3) is 0.250. The molecule has 1 N–H and O–H groups in total. The number of sulfonamides is 1. The van der Waals surface area contributed by atoms with Crippen LogP contribution in [0.5, 0.6) is 5.75 Å². The van der Waals surface area contributed by atoms with Gasteiger partial charge in [-0.2, -0.15) is 4.72 Å². The maximum Gasteiger partial charge on any atom is 0.573 e. The van der Waals surface area contributed by atoms with E-state index >= 15 is 0 Å². The van der Waals surface area contributed by atoms with Crippen molar-refractivity contribution in [3.63, 3.8) is 0 Å². The molecule has 0 aliphatic rings. The van der Waals surface area contributed by atoms with Crippen molar-refractivity contribution >= 4 is 26.8 Å². The number of ether oxygens (including phenoxy) is 1. The fourth-order valence-electron chi connectivity index (χ4n) is 2.89. The lowest BCUT2D eigenvalue weighted by molar-refractivity contribution is -0.274. The molecule has 6 nitrogen and oxygen atoms in total. The summed E-state index contributed by atoms with van der Waals surface area (Å²) in [4.78, 5) is 12.3. The molecule has 1 atom stereocenters. The molecule has 3 aromatic rings. The number of rotatable bonds is 8. The van der Waals surface area contributed by atoms with Crippen LogP contribution in [0, 0.1) is 11.6 Å². The number of ketones is 1. The van der Waals surface area contributed by atoms with Crippen molar-refractivity contribution < 1.29 is 44.3 Å². The number of aryl methyl sites for hydroxylation is 1. The number of hydrogen-bond donors (Lipinski definition) is 1. The molecule has 0 fully saturated rings. The van der Waals surface area contributed by atoms with Crippen LogP contribution in [0.25, 0.3) is 11.0 Å². The van der Waals surface area contributed by atoms with E-state index in [-0.39, 0.29) is 29.4 Å². The second-order valence-electron chi connectivity index (χ2n) is 6.86. The van der Waals surface area contributed by atoms with Gasteiger partial charge in [-0.25, -0.2) is 17.2 Å². The van der Waals surface area contributed by atoms with Crippen molar-refractivity contribution in [3.8, 4) is 5.75 Å². The Morgan fingerprint density at radius 2 is 1.84 bits per heavy atom. The second kappa shape index (κ2) is 8.87. The van der Waals surface area contributed by atoms with E-state index in [1.165, 1.54) is 13.0 Å². The molecule has 1 aromatic heterocycles. The zero-order valence-corrected chi connectivity index (χ0v) is 17.2. The van der Waals surface area contributed by atoms with Gasteiger partial charge in [-0.3, -0.25) is 4.79 Å². The summed E-state index contributed by atoms with van der Waals surface area (Å²) >= 11 is 0. The Balaban J connectivity index is 1.66. The van der Waals surface area contributed by atoms with E-state index in [1.807, 2.05) is 0 Å². The zero-order chi connectivity index (χ0) is 23.7. The number of benzene rings is 2. The van der Waals surface area contributed by atoms with Crippen molar-refractivity contribution in [2.75, 3.05) is 0 Å². The Hall–Kier alpha value is -2.99. The molecule has 0 aliphatic carbocycles. The molecule has 0 radical (unpaired) electrons. The van der Waals surface area contributed by atoms with Gasteiger partial charge >= 0.3 is 6.36 Å². The highest BCUT2D eigenvalue weighted by Gasteiger charge is 2.31. The third kappa shape index (κ3) is 5.82. The molecule has 1 heterocycles. The van der Waals surface area contributed by atoms with Gasteiger partial charge in [0.2, 0.25) is 5.09 Å². The summed E-state index contributed by atoms with van der Waals surface area (Å²) in [5.41, 5.74) is -0.0725. The van der Waals surface area contributed by atoms with Crippen LogP contribution in [-0.2, 0) is 21.2 Å². The summed E-state index contributed by atoms with van der Waals surface area (Å²) in [6.45, 7) is 1.25. The number of carbonyl (C=O) groups excluding carboxylic acids is 1. The summed E-state index contributed by atoms with van der Waals surface area (Å²) in [6, 6.07) is 5.67. The summed E-state index contributed by atoms with van der Waals surface area (Å²) in [6.07, 6.45) is -5.60. The van der Waals surface area contributed by atoms with E-state index < -0.39 is 50.7 Å².